The van der Waals surface area contributed by atoms with Gasteiger partial charge in [-0.25, -0.2) is 4.68 Å². The predicted octanol–water partition coefficient (Wildman–Crippen LogP) is 2.09. The summed E-state index contributed by atoms with van der Waals surface area (Å²) in [7, 11) is 3.67. The SMILES string of the molecule is COc1c(CN(CC2CCCCN2)C(C)C)c(C)nn1C. The molecule has 1 atom stereocenters. The lowest BCUT2D eigenvalue weighted by Crippen LogP contribution is -2.45. The third-order valence-corrected chi connectivity index (χ3v) is 4.44. The quantitative estimate of drug-likeness (QED) is 0.872. The lowest BCUT2D eigenvalue weighted by atomic mass is 10.0. The predicted molar refractivity (Wildman–Crippen MR) is 85.7 cm³/mol. The van der Waals surface area contributed by atoms with Gasteiger partial charge in [-0.15, -0.1) is 0 Å². The van der Waals surface area contributed by atoms with Gasteiger partial charge in [0.15, 0.2) is 0 Å². The molecule has 0 amide bonds. The van der Waals surface area contributed by atoms with Crippen molar-refractivity contribution >= 4 is 0 Å². The van der Waals surface area contributed by atoms with Crippen molar-refractivity contribution in [3.8, 4) is 5.88 Å². The second-order valence-corrected chi connectivity index (χ2v) is 6.37. The zero-order valence-corrected chi connectivity index (χ0v) is 14.1. The van der Waals surface area contributed by atoms with E-state index in [9.17, 15) is 0 Å². The molecule has 1 fully saturated rings. The topological polar surface area (TPSA) is 42.3 Å². The molecule has 1 aliphatic heterocycles. The molecule has 5 nitrogen and oxygen atoms in total. The Balaban J connectivity index is 2.09. The van der Waals surface area contributed by atoms with Crippen LogP contribution < -0.4 is 10.1 Å². The number of methoxy groups -OCH3 is 1. The highest BCUT2D eigenvalue weighted by atomic mass is 16.5. The van der Waals surface area contributed by atoms with Gasteiger partial charge >= 0.3 is 0 Å². The van der Waals surface area contributed by atoms with Crippen molar-refractivity contribution in [2.45, 2.75) is 58.7 Å². The van der Waals surface area contributed by atoms with Crippen LogP contribution in [-0.4, -0.2) is 47.0 Å². The van der Waals surface area contributed by atoms with Crippen molar-refractivity contribution in [2.24, 2.45) is 7.05 Å². The van der Waals surface area contributed by atoms with Crippen LogP contribution in [0.5, 0.6) is 5.88 Å². The van der Waals surface area contributed by atoms with E-state index >= 15 is 0 Å². The maximum atomic E-state index is 5.53. The van der Waals surface area contributed by atoms with Gasteiger partial charge in [0.1, 0.15) is 0 Å². The fourth-order valence-electron chi connectivity index (χ4n) is 3.14. The molecule has 0 radical (unpaired) electrons. The molecule has 1 aliphatic rings. The summed E-state index contributed by atoms with van der Waals surface area (Å²) < 4.78 is 7.36. The average molecular weight is 294 g/mol. The van der Waals surface area contributed by atoms with Crippen LogP contribution in [0.25, 0.3) is 0 Å². The number of piperidine rings is 1. The van der Waals surface area contributed by atoms with Crippen molar-refractivity contribution < 1.29 is 4.74 Å². The van der Waals surface area contributed by atoms with E-state index in [1.807, 2.05) is 11.7 Å². The van der Waals surface area contributed by atoms with Gasteiger partial charge in [-0.2, -0.15) is 5.10 Å². The molecule has 0 saturated carbocycles. The smallest absolute Gasteiger partial charge is 0.216 e. The summed E-state index contributed by atoms with van der Waals surface area (Å²) in [6.45, 7) is 9.75. The van der Waals surface area contributed by atoms with Gasteiger partial charge in [0.25, 0.3) is 0 Å². The van der Waals surface area contributed by atoms with Crippen LogP contribution >= 0.6 is 0 Å². The van der Waals surface area contributed by atoms with Crippen LogP contribution in [-0.2, 0) is 13.6 Å². The summed E-state index contributed by atoms with van der Waals surface area (Å²) in [4.78, 5) is 2.52. The molecule has 0 aromatic carbocycles. The first kappa shape index (κ1) is 16.3. The number of aromatic nitrogens is 2. The summed E-state index contributed by atoms with van der Waals surface area (Å²) in [5, 5.41) is 8.14. The largest absolute Gasteiger partial charge is 0.481 e. The van der Waals surface area contributed by atoms with Gasteiger partial charge in [-0.05, 0) is 40.2 Å². The third-order valence-electron chi connectivity index (χ3n) is 4.44. The Hall–Kier alpha value is -1.07. The normalized spacial score (nSPS) is 19.5. The summed E-state index contributed by atoms with van der Waals surface area (Å²) in [5.74, 6) is 0.884. The fraction of sp³-hybridized carbons (Fsp3) is 0.812. The number of aryl methyl sites for hydroxylation is 2. The van der Waals surface area contributed by atoms with Crippen LogP contribution in [0, 0.1) is 6.92 Å². The lowest BCUT2D eigenvalue weighted by Gasteiger charge is -2.33. The van der Waals surface area contributed by atoms with Crippen molar-refractivity contribution in [1.29, 1.82) is 0 Å². The number of rotatable bonds is 6. The highest BCUT2D eigenvalue weighted by Gasteiger charge is 2.22. The molecule has 2 heterocycles. The summed E-state index contributed by atoms with van der Waals surface area (Å²) in [6, 6.07) is 1.13. The number of ether oxygens (including phenoxy) is 1. The Morgan fingerprint density at radius 1 is 1.43 bits per heavy atom. The molecule has 120 valence electrons. The molecule has 0 bridgehead atoms. The molecule has 2 rings (SSSR count). The molecule has 1 unspecified atom stereocenters. The first-order chi connectivity index (χ1) is 10.0. The first-order valence-electron chi connectivity index (χ1n) is 8.06. The molecule has 5 heteroatoms. The van der Waals surface area contributed by atoms with Crippen molar-refractivity contribution in [2.75, 3.05) is 20.2 Å². The molecule has 21 heavy (non-hydrogen) atoms. The van der Waals surface area contributed by atoms with Gasteiger partial charge < -0.3 is 10.1 Å². The van der Waals surface area contributed by atoms with Crippen molar-refractivity contribution in [1.82, 2.24) is 20.0 Å². The second kappa shape index (κ2) is 7.27. The maximum Gasteiger partial charge on any atom is 0.216 e. The second-order valence-electron chi connectivity index (χ2n) is 6.37. The highest BCUT2D eigenvalue weighted by Crippen LogP contribution is 2.24. The van der Waals surface area contributed by atoms with Crippen molar-refractivity contribution in [3.63, 3.8) is 0 Å². The zero-order chi connectivity index (χ0) is 15.4. The lowest BCUT2D eigenvalue weighted by molar-refractivity contribution is 0.175. The minimum absolute atomic E-state index is 0.512. The van der Waals surface area contributed by atoms with Crippen LogP contribution in [0.4, 0.5) is 0 Å². The Labute approximate surface area is 128 Å². The third kappa shape index (κ3) is 3.98. The summed E-state index contributed by atoms with van der Waals surface area (Å²) in [5.41, 5.74) is 2.28. The van der Waals surface area contributed by atoms with E-state index in [0.717, 1.165) is 31.2 Å². The van der Waals surface area contributed by atoms with Crippen LogP contribution in [0.2, 0.25) is 0 Å². The van der Waals surface area contributed by atoms with E-state index < -0.39 is 0 Å². The molecule has 1 aromatic heterocycles. The molecule has 1 N–H and O–H groups in total. The van der Waals surface area contributed by atoms with Crippen LogP contribution in [0.15, 0.2) is 0 Å². The van der Waals surface area contributed by atoms with E-state index in [4.69, 9.17) is 4.74 Å². The number of nitrogens with zero attached hydrogens (tertiary/aromatic N) is 3. The van der Waals surface area contributed by atoms with Gasteiger partial charge in [-0.1, -0.05) is 6.42 Å². The van der Waals surface area contributed by atoms with Crippen LogP contribution in [0.1, 0.15) is 44.4 Å². The summed E-state index contributed by atoms with van der Waals surface area (Å²) >= 11 is 0. The minimum Gasteiger partial charge on any atom is -0.481 e. The van der Waals surface area contributed by atoms with Gasteiger partial charge in [0, 0.05) is 32.2 Å². The Morgan fingerprint density at radius 3 is 2.76 bits per heavy atom. The average Bonchev–Trinajstić information content (AvgIpc) is 2.73. The fourth-order valence-corrected chi connectivity index (χ4v) is 3.14. The van der Waals surface area contributed by atoms with E-state index in [0.29, 0.717) is 12.1 Å². The van der Waals surface area contributed by atoms with E-state index in [1.54, 1.807) is 7.11 Å². The number of nitrogens with one attached hydrogen (secondary N) is 1. The monoisotopic (exact) mass is 294 g/mol. The molecule has 1 aromatic rings. The van der Waals surface area contributed by atoms with E-state index in [-0.39, 0.29) is 0 Å². The Bertz CT molecular complexity index is 449. The zero-order valence-electron chi connectivity index (χ0n) is 14.1. The van der Waals surface area contributed by atoms with Crippen molar-refractivity contribution in [3.05, 3.63) is 11.3 Å². The van der Waals surface area contributed by atoms with Gasteiger partial charge in [0.2, 0.25) is 5.88 Å². The first-order valence-corrected chi connectivity index (χ1v) is 8.06. The Kier molecular flexibility index (Phi) is 5.65. The minimum atomic E-state index is 0.512. The number of hydrogen-bond acceptors (Lipinski definition) is 4. The standard InChI is InChI=1S/C16H30N4O/c1-12(2)20(10-14-8-6-7-9-17-14)11-15-13(3)18-19(4)16(15)21-5/h12,14,17H,6-11H2,1-5H3. The number of hydrogen-bond donors (Lipinski definition) is 1. The summed E-state index contributed by atoms with van der Waals surface area (Å²) in [6.07, 6.45) is 3.94. The van der Waals surface area contributed by atoms with Gasteiger partial charge in [-0.3, -0.25) is 4.90 Å². The molecular formula is C16H30N4O. The molecule has 0 spiro atoms. The maximum absolute atomic E-state index is 5.53. The van der Waals surface area contributed by atoms with Gasteiger partial charge in [0.05, 0.1) is 18.4 Å². The van der Waals surface area contributed by atoms with E-state index in [1.165, 1.54) is 24.8 Å². The molecular weight excluding hydrogens is 264 g/mol. The molecule has 1 saturated heterocycles. The van der Waals surface area contributed by atoms with E-state index in [2.05, 4.69) is 36.1 Å². The molecule has 0 aliphatic carbocycles. The Morgan fingerprint density at radius 2 is 2.19 bits per heavy atom. The van der Waals surface area contributed by atoms with Crippen LogP contribution in [0.3, 0.4) is 0 Å². The highest BCUT2D eigenvalue weighted by molar-refractivity contribution is 5.30.